The SMILES string of the molecule is CC(C)(C)c1ccc(N)c(NC2CCN(C(=O)Cc3ccc(C(F)(F)F)cc3)CC2)c1. The van der Waals surface area contributed by atoms with E-state index in [2.05, 4.69) is 32.2 Å². The van der Waals surface area contributed by atoms with Gasteiger partial charge in [-0.15, -0.1) is 0 Å². The molecule has 0 saturated carbocycles. The summed E-state index contributed by atoms with van der Waals surface area (Å²) in [5.41, 5.74) is 8.89. The van der Waals surface area contributed by atoms with E-state index in [-0.39, 0.29) is 23.8 Å². The van der Waals surface area contributed by atoms with Gasteiger partial charge in [-0.3, -0.25) is 4.79 Å². The number of piperidine rings is 1. The van der Waals surface area contributed by atoms with Crippen molar-refractivity contribution in [3.05, 3.63) is 59.2 Å². The summed E-state index contributed by atoms with van der Waals surface area (Å²) < 4.78 is 38.0. The Morgan fingerprint density at radius 3 is 2.16 bits per heavy atom. The lowest BCUT2D eigenvalue weighted by Gasteiger charge is -2.33. The Labute approximate surface area is 181 Å². The summed E-state index contributed by atoms with van der Waals surface area (Å²) in [6.07, 6.45) is -2.68. The molecule has 1 saturated heterocycles. The van der Waals surface area contributed by atoms with E-state index in [0.717, 1.165) is 30.7 Å². The van der Waals surface area contributed by atoms with Crippen LogP contribution < -0.4 is 11.1 Å². The molecule has 7 heteroatoms. The molecule has 168 valence electrons. The molecule has 0 spiro atoms. The molecule has 3 N–H and O–H groups in total. The first-order chi connectivity index (χ1) is 14.4. The molecule has 31 heavy (non-hydrogen) atoms. The molecular formula is C24H30F3N3O. The summed E-state index contributed by atoms with van der Waals surface area (Å²) >= 11 is 0. The highest BCUT2D eigenvalue weighted by Gasteiger charge is 2.30. The van der Waals surface area contributed by atoms with Crippen LogP contribution in [0.4, 0.5) is 24.5 Å². The topological polar surface area (TPSA) is 58.4 Å². The number of alkyl halides is 3. The maximum absolute atomic E-state index is 12.7. The smallest absolute Gasteiger partial charge is 0.397 e. The third-order valence-corrected chi connectivity index (χ3v) is 5.76. The van der Waals surface area contributed by atoms with Gasteiger partial charge < -0.3 is 16.0 Å². The van der Waals surface area contributed by atoms with Crippen molar-refractivity contribution in [1.82, 2.24) is 4.90 Å². The highest BCUT2D eigenvalue weighted by molar-refractivity contribution is 5.79. The molecule has 0 aromatic heterocycles. The number of carbonyl (C=O) groups excluding carboxylic acids is 1. The molecule has 1 aliphatic rings. The molecule has 4 nitrogen and oxygen atoms in total. The molecule has 0 atom stereocenters. The molecule has 1 aliphatic heterocycles. The minimum atomic E-state index is -4.37. The van der Waals surface area contributed by atoms with Crippen LogP contribution in [0.15, 0.2) is 42.5 Å². The summed E-state index contributed by atoms with van der Waals surface area (Å²) in [6.45, 7) is 7.68. The number of nitrogens with one attached hydrogen (secondary N) is 1. The molecule has 0 bridgehead atoms. The van der Waals surface area contributed by atoms with Crippen molar-refractivity contribution in [2.75, 3.05) is 24.1 Å². The predicted molar refractivity (Wildman–Crippen MR) is 118 cm³/mol. The van der Waals surface area contributed by atoms with Crippen LogP contribution in [-0.4, -0.2) is 29.9 Å². The monoisotopic (exact) mass is 433 g/mol. The Morgan fingerprint density at radius 2 is 1.61 bits per heavy atom. The minimum Gasteiger partial charge on any atom is -0.397 e. The van der Waals surface area contributed by atoms with E-state index < -0.39 is 11.7 Å². The highest BCUT2D eigenvalue weighted by atomic mass is 19.4. The van der Waals surface area contributed by atoms with Gasteiger partial charge in [0.1, 0.15) is 0 Å². The Hall–Kier alpha value is -2.70. The number of likely N-dealkylation sites (tertiary alicyclic amines) is 1. The van der Waals surface area contributed by atoms with Gasteiger partial charge in [-0.1, -0.05) is 39.0 Å². The van der Waals surface area contributed by atoms with Crippen molar-refractivity contribution in [1.29, 1.82) is 0 Å². The number of hydrogen-bond acceptors (Lipinski definition) is 3. The predicted octanol–water partition coefficient (Wildman–Crippen LogP) is 5.23. The summed E-state index contributed by atoms with van der Waals surface area (Å²) in [5, 5.41) is 3.52. The van der Waals surface area contributed by atoms with E-state index in [1.165, 1.54) is 17.7 Å². The average Bonchev–Trinajstić information content (AvgIpc) is 2.69. The van der Waals surface area contributed by atoms with Gasteiger partial charge in [0.2, 0.25) is 5.91 Å². The molecule has 2 aromatic carbocycles. The van der Waals surface area contributed by atoms with Crippen LogP contribution in [0, 0.1) is 0 Å². The van der Waals surface area contributed by atoms with Crippen LogP contribution in [0.3, 0.4) is 0 Å². The number of nitrogens with two attached hydrogens (primary N) is 1. The van der Waals surface area contributed by atoms with Crippen molar-refractivity contribution in [3.63, 3.8) is 0 Å². The molecule has 0 aliphatic carbocycles. The zero-order chi connectivity index (χ0) is 22.8. The normalized spacial score (nSPS) is 15.7. The van der Waals surface area contributed by atoms with E-state index in [1.54, 1.807) is 4.90 Å². The first-order valence-corrected chi connectivity index (χ1v) is 10.5. The second-order valence-electron chi connectivity index (χ2n) is 9.22. The Bertz CT molecular complexity index is 909. The average molecular weight is 434 g/mol. The lowest BCUT2D eigenvalue weighted by atomic mass is 9.86. The maximum Gasteiger partial charge on any atom is 0.416 e. The molecule has 0 radical (unpaired) electrons. The highest BCUT2D eigenvalue weighted by Crippen LogP contribution is 2.31. The third-order valence-electron chi connectivity index (χ3n) is 5.76. The van der Waals surface area contributed by atoms with Crippen LogP contribution in [0.25, 0.3) is 0 Å². The van der Waals surface area contributed by atoms with Gasteiger partial charge in [0.25, 0.3) is 0 Å². The fourth-order valence-corrected chi connectivity index (χ4v) is 3.74. The first kappa shape index (κ1) is 23.0. The molecule has 3 rings (SSSR count). The lowest BCUT2D eigenvalue weighted by molar-refractivity contribution is -0.137. The van der Waals surface area contributed by atoms with Gasteiger partial charge in [-0.2, -0.15) is 13.2 Å². The Morgan fingerprint density at radius 1 is 1.03 bits per heavy atom. The standard InChI is InChI=1S/C24H30F3N3O/c1-23(2,3)18-8-9-20(28)21(15-18)29-19-10-12-30(13-11-19)22(31)14-16-4-6-17(7-5-16)24(25,26)27/h4-9,15,19,29H,10-14,28H2,1-3H3. The summed E-state index contributed by atoms with van der Waals surface area (Å²) in [4.78, 5) is 14.4. The van der Waals surface area contributed by atoms with E-state index in [0.29, 0.717) is 24.3 Å². The Kier molecular flexibility index (Phi) is 6.53. The van der Waals surface area contributed by atoms with Crippen LogP contribution in [0.1, 0.15) is 50.3 Å². The van der Waals surface area contributed by atoms with E-state index in [4.69, 9.17) is 5.73 Å². The van der Waals surface area contributed by atoms with Crippen LogP contribution in [0.2, 0.25) is 0 Å². The number of rotatable bonds is 4. The molecule has 1 amide bonds. The van der Waals surface area contributed by atoms with Crippen LogP contribution in [-0.2, 0) is 22.8 Å². The number of nitrogen functional groups attached to an aromatic ring is 1. The van der Waals surface area contributed by atoms with Gasteiger partial charge in [-0.25, -0.2) is 0 Å². The minimum absolute atomic E-state index is 0.0260. The van der Waals surface area contributed by atoms with Crippen molar-refractivity contribution < 1.29 is 18.0 Å². The lowest BCUT2D eigenvalue weighted by Crippen LogP contribution is -2.43. The van der Waals surface area contributed by atoms with Gasteiger partial charge in [-0.05, 0) is 53.6 Å². The zero-order valence-electron chi connectivity index (χ0n) is 18.2. The number of amides is 1. The third kappa shape index (κ3) is 5.93. The van der Waals surface area contributed by atoms with Gasteiger partial charge >= 0.3 is 6.18 Å². The maximum atomic E-state index is 12.7. The number of carbonyl (C=O) groups is 1. The number of nitrogens with zero attached hydrogens (tertiary/aromatic N) is 1. The second kappa shape index (κ2) is 8.81. The molecular weight excluding hydrogens is 403 g/mol. The fraction of sp³-hybridized carbons (Fsp3) is 0.458. The number of benzene rings is 2. The van der Waals surface area contributed by atoms with Crippen LogP contribution in [0.5, 0.6) is 0 Å². The molecule has 0 unspecified atom stereocenters. The van der Waals surface area contributed by atoms with E-state index in [9.17, 15) is 18.0 Å². The van der Waals surface area contributed by atoms with Crippen molar-refractivity contribution in [3.8, 4) is 0 Å². The van der Waals surface area contributed by atoms with E-state index >= 15 is 0 Å². The van der Waals surface area contributed by atoms with Crippen molar-refractivity contribution in [2.24, 2.45) is 0 Å². The zero-order valence-corrected chi connectivity index (χ0v) is 18.2. The number of anilines is 2. The van der Waals surface area contributed by atoms with Gasteiger partial charge in [0, 0.05) is 19.1 Å². The summed E-state index contributed by atoms with van der Waals surface area (Å²) in [6, 6.07) is 11.1. The van der Waals surface area contributed by atoms with Gasteiger partial charge in [0.05, 0.1) is 23.4 Å². The fourth-order valence-electron chi connectivity index (χ4n) is 3.74. The summed E-state index contributed by atoms with van der Waals surface area (Å²) in [5.74, 6) is -0.0625. The molecule has 1 heterocycles. The quantitative estimate of drug-likeness (QED) is 0.649. The number of halogens is 3. The Balaban J connectivity index is 1.54. The second-order valence-corrected chi connectivity index (χ2v) is 9.22. The molecule has 1 fully saturated rings. The van der Waals surface area contributed by atoms with Gasteiger partial charge in [0.15, 0.2) is 0 Å². The van der Waals surface area contributed by atoms with Crippen LogP contribution >= 0.6 is 0 Å². The van der Waals surface area contributed by atoms with Crippen molar-refractivity contribution in [2.45, 2.75) is 57.7 Å². The molecule has 2 aromatic rings. The van der Waals surface area contributed by atoms with Crippen molar-refractivity contribution >= 4 is 17.3 Å². The summed E-state index contributed by atoms with van der Waals surface area (Å²) in [7, 11) is 0. The van der Waals surface area contributed by atoms with E-state index in [1.807, 2.05) is 12.1 Å². The number of hydrogen-bond donors (Lipinski definition) is 2. The first-order valence-electron chi connectivity index (χ1n) is 10.5. The largest absolute Gasteiger partial charge is 0.416 e.